The maximum absolute atomic E-state index is 12.5. The van der Waals surface area contributed by atoms with Gasteiger partial charge in [-0.15, -0.1) is 0 Å². The minimum atomic E-state index is -0.773. The molecule has 156 valence electrons. The number of Topliss-reactive ketones (excluding diaryl/α,β-unsaturated/α-hetero) is 1. The highest BCUT2D eigenvalue weighted by Gasteiger charge is 2.25. The molecule has 1 N–H and O–H groups in total. The number of esters is 2. The van der Waals surface area contributed by atoms with Crippen molar-refractivity contribution < 1.29 is 38.1 Å². The third-order valence-electron chi connectivity index (χ3n) is 4.36. The first-order valence-corrected chi connectivity index (χ1v) is 8.57. The summed E-state index contributed by atoms with van der Waals surface area (Å²) >= 11 is 0. The number of benzene rings is 1. The summed E-state index contributed by atoms with van der Waals surface area (Å²) in [7, 11) is 5.50. The van der Waals surface area contributed by atoms with Crippen molar-refractivity contribution in [3.8, 4) is 17.2 Å². The van der Waals surface area contributed by atoms with Gasteiger partial charge in [-0.2, -0.15) is 0 Å². The summed E-state index contributed by atoms with van der Waals surface area (Å²) in [6.45, 7) is 2.73. The van der Waals surface area contributed by atoms with Crippen molar-refractivity contribution in [2.45, 2.75) is 13.8 Å². The van der Waals surface area contributed by atoms with Crippen LogP contribution in [-0.2, 0) is 9.47 Å². The quantitative estimate of drug-likeness (QED) is 0.526. The molecule has 0 unspecified atom stereocenters. The lowest BCUT2D eigenvalue weighted by Gasteiger charge is -2.15. The maximum atomic E-state index is 12.5. The number of methoxy groups -OCH3 is 4. The molecule has 2 aromatic rings. The van der Waals surface area contributed by atoms with Gasteiger partial charge in [0.15, 0.2) is 18.1 Å². The zero-order chi connectivity index (χ0) is 21.7. The van der Waals surface area contributed by atoms with E-state index < -0.39 is 24.3 Å². The van der Waals surface area contributed by atoms with Crippen LogP contribution in [0.2, 0.25) is 0 Å². The Hall–Kier alpha value is -3.49. The van der Waals surface area contributed by atoms with E-state index >= 15 is 0 Å². The number of hydrogen-bond acceptors (Lipinski definition) is 8. The van der Waals surface area contributed by atoms with Crippen molar-refractivity contribution >= 4 is 17.7 Å². The average Bonchev–Trinajstić information content (AvgIpc) is 3.03. The van der Waals surface area contributed by atoms with Crippen molar-refractivity contribution in [3.05, 3.63) is 40.2 Å². The molecular weight excluding hydrogens is 382 g/mol. The first kappa shape index (κ1) is 21.8. The number of aryl methyl sites for hydroxylation is 1. The predicted molar refractivity (Wildman–Crippen MR) is 102 cm³/mol. The third-order valence-corrected chi connectivity index (χ3v) is 4.36. The second-order valence-electron chi connectivity index (χ2n) is 6.00. The van der Waals surface area contributed by atoms with E-state index in [0.717, 1.165) is 0 Å². The van der Waals surface area contributed by atoms with Crippen LogP contribution < -0.4 is 14.2 Å². The second kappa shape index (κ2) is 9.13. The molecule has 0 radical (unpaired) electrons. The number of aromatic nitrogens is 1. The molecule has 2 rings (SSSR count). The monoisotopic (exact) mass is 405 g/mol. The van der Waals surface area contributed by atoms with Crippen LogP contribution in [0.25, 0.3) is 0 Å². The van der Waals surface area contributed by atoms with Crippen molar-refractivity contribution in [3.63, 3.8) is 0 Å². The normalized spacial score (nSPS) is 10.3. The minimum Gasteiger partial charge on any atom is -0.493 e. The van der Waals surface area contributed by atoms with Gasteiger partial charge < -0.3 is 28.7 Å². The lowest BCUT2D eigenvalue weighted by molar-refractivity contribution is 0.0469. The summed E-state index contributed by atoms with van der Waals surface area (Å²) in [4.78, 5) is 39.7. The molecule has 9 nitrogen and oxygen atoms in total. The molecule has 0 aliphatic heterocycles. The van der Waals surface area contributed by atoms with Gasteiger partial charge in [0.25, 0.3) is 0 Å². The summed E-state index contributed by atoms with van der Waals surface area (Å²) in [6.07, 6.45) is 0. The molecule has 9 heteroatoms. The van der Waals surface area contributed by atoms with E-state index in [4.69, 9.17) is 23.7 Å². The predicted octanol–water partition coefficient (Wildman–Crippen LogP) is 2.48. The number of H-pyrrole nitrogens is 1. The van der Waals surface area contributed by atoms with E-state index in [0.29, 0.717) is 17.0 Å². The topological polar surface area (TPSA) is 113 Å². The van der Waals surface area contributed by atoms with Crippen LogP contribution >= 0.6 is 0 Å². The van der Waals surface area contributed by atoms with Crippen LogP contribution in [0.1, 0.15) is 42.5 Å². The number of carbonyl (C=O) groups is 3. The molecule has 0 aliphatic carbocycles. The van der Waals surface area contributed by atoms with E-state index in [-0.39, 0.29) is 28.3 Å². The van der Waals surface area contributed by atoms with Gasteiger partial charge in [-0.3, -0.25) is 4.79 Å². The van der Waals surface area contributed by atoms with E-state index in [1.165, 1.54) is 40.6 Å². The molecule has 0 saturated heterocycles. The number of rotatable bonds is 8. The zero-order valence-corrected chi connectivity index (χ0v) is 17.1. The number of hydrogen-bond donors (Lipinski definition) is 1. The van der Waals surface area contributed by atoms with Crippen molar-refractivity contribution in [2.75, 3.05) is 35.0 Å². The molecule has 1 aromatic carbocycles. The molecule has 0 atom stereocenters. The Kier molecular flexibility index (Phi) is 6.87. The number of ether oxygens (including phenoxy) is 5. The minimum absolute atomic E-state index is 0.0765. The molecule has 29 heavy (non-hydrogen) atoms. The summed E-state index contributed by atoms with van der Waals surface area (Å²) in [5.41, 5.74) is 1.45. The average molecular weight is 405 g/mol. The van der Waals surface area contributed by atoms with E-state index in [1.54, 1.807) is 13.8 Å². The van der Waals surface area contributed by atoms with Crippen molar-refractivity contribution in [2.24, 2.45) is 0 Å². The third kappa shape index (κ3) is 4.18. The van der Waals surface area contributed by atoms with Crippen LogP contribution in [0.3, 0.4) is 0 Å². The standard InChI is InChI=1S/C20H23NO8/c1-10-15(20(24)28-6)11(2)21-16(10)13(22)9-29-19(23)12-7-8-14(25-3)18(27-5)17(12)26-4/h7-8,21H,9H2,1-6H3. The van der Waals surface area contributed by atoms with Gasteiger partial charge in [0.05, 0.1) is 39.7 Å². The summed E-state index contributed by atoms with van der Waals surface area (Å²) in [5.74, 6) is -1.08. The lowest BCUT2D eigenvalue weighted by Crippen LogP contribution is -2.16. The van der Waals surface area contributed by atoms with Crippen LogP contribution in [-0.4, -0.2) is 57.8 Å². The van der Waals surface area contributed by atoms with Gasteiger partial charge in [0.2, 0.25) is 11.5 Å². The Morgan fingerprint density at radius 2 is 1.55 bits per heavy atom. The highest BCUT2D eigenvalue weighted by atomic mass is 16.5. The summed E-state index contributed by atoms with van der Waals surface area (Å²) < 4.78 is 25.5. The van der Waals surface area contributed by atoms with Crippen LogP contribution in [0.15, 0.2) is 12.1 Å². The number of nitrogens with one attached hydrogen (secondary N) is 1. The fourth-order valence-corrected chi connectivity index (χ4v) is 2.98. The van der Waals surface area contributed by atoms with E-state index in [2.05, 4.69) is 4.98 Å². The number of ketones is 1. The molecule has 0 saturated carbocycles. The second-order valence-corrected chi connectivity index (χ2v) is 6.00. The molecule has 0 bridgehead atoms. The Morgan fingerprint density at radius 3 is 2.10 bits per heavy atom. The lowest BCUT2D eigenvalue weighted by atomic mass is 10.1. The molecular formula is C20H23NO8. The molecule has 1 heterocycles. The molecule has 1 aromatic heterocycles. The Morgan fingerprint density at radius 1 is 0.897 bits per heavy atom. The van der Waals surface area contributed by atoms with Crippen LogP contribution in [0, 0.1) is 13.8 Å². The largest absolute Gasteiger partial charge is 0.493 e. The van der Waals surface area contributed by atoms with Gasteiger partial charge in [0, 0.05) is 5.69 Å². The van der Waals surface area contributed by atoms with Crippen molar-refractivity contribution in [1.82, 2.24) is 4.98 Å². The fraction of sp³-hybridized carbons (Fsp3) is 0.350. The zero-order valence-electron chi connectivity index (χ0n) is 17.1. The first-order valence-electron chi connectivity index (χ1n) is 8.57. The van der Waals surface area contributed by atoms with Gasteiger partial charge in [-0.25, -0.2) is 9.59 Å². The summed E-state index contributed by atoms with van der Waals surface area (Å²) in [5, 5.41) is 0. The highest BCUT2D eigenvalue weighted by Crippen LogP contribution is 2.40. The Balaban J connectivity index is 2.22. The highest BCUT2D eigenvalue weighted by molar-refractivity contribution is 6.03. The van der Waals surface area contributed by atoms with Gasteiger partial charge in [-0.05, 0) is 31.5 Å². The van der Waals surface area contributed by atoms with Gasteiger partial charge in [-0.1, -0.05) is 0 Å². The first-order chi connectivity index (χ1) is 13.8. The smallest absolute Gasteiger partial charge is 0.342 e. The van der Waals surface area contributed by atoms with Crippen LogP contribution in [0.5, 0.6) is 17.2 Å². The van der Waals surface area contributed by atoms with E-state index in [1.807, 2.05) is 0 Å². The molecule has 0 aliphatic rings. The number of carbonyl (C=O) groups excluding carboxylic acids is 3. The Bertz CT molecular complexity index is 944. The van der Waals surface area contributed by atoms with E-state index in [9.17, 15) is 14.4 Å². The fourth-order valence-electron chi connectivity index (χ4n) is 2.98. The van der Waals surface area contributed by atoms with Gasteiger partial charge >= 0.3 is 11.9 Å². The molecule has 0 fully saturated rings. The van der Waals surface area contributed by atoms with Gasteiger partial charge in [0.1, 0.15) is 5.56 Å². The molecule has 0 amide bonds. The molecule has 0 spiro atoms. The number of aromatic amines is 1. The SMILES string of the molecule is COC(=O)c1c(C)[nH]c(C(=O)COC(=O)c2ccc(OC)c(OC)c2OC)c1C. The van der Waals surface area contributed by atoms with Crippen LogP contribution in [0.4, 0.5) is 0 Å². The van der Waals surface area contributed by atoms with Crippen molar-refractivity contribution in [1.29, 1.82) is 0 Å². The summed E-state index contributed by atoms with van der Waals surface area (Å²) in [6, 6.07) is 2.98. The Labute approximate surface area is 167 Å². The maximum Gasteiger partial charge on any atom is 0.342 e.